The molecular formula is C15H14FN5O3S. The van der Waals surface area contributed by atoms with E-state index in [2.05, 4.69) is 24.8 Å². The lowest BCUT2D eigenvalue weighted by atomic mass is 10.2. The average molecular weight is 363 g/mol. The summed E-state index contributed by atoms with van der Waals surface area (Å²) in [7, 11) is -3.95. The van der Waals surface area contributed by atoms with Crippen molar-refractivity contribution in [3.8, 4) is 11.5 Å². The number of hydrogen-bond donors (Lipinski definition) is 2. The molecule has 1 fully saturated rings. The number of H-pyrrole nitrogens is 1. The number of anilines is 1. The highest BCUT2D eigenvalue weighted by atomic mass is 32.2. The lowest BCUT2D eigenvalue weighted by Gasteiger charge is -2.10. The van der Waals surface area contributed by atoms with E-state index in [4.69, 9.17) is 4.52 Å². The standard InChI is InChI=1S/C15H14FN5O3S/c1-8-15(18-7-17-8)25(22,23)21-12-5-4-10(16)6-11(12)14-19-13(20-24-14)9-2-3-9/h4-7,9,21H,2-3H2,1H3,(H,17,18). The first-order valence-electron chi connectivity index (χ1n) is 7.60. The van der Waals surface area contributed by atoms with E-state index in [1.165, 1.54) is 12.4 Å². The SMILES string of the molecule is Cc1[nH]cnc1S(=O)(=O)Nc1ccc(F)cc1-c1nc(C2CC2)no1. The fourth-order valence-electron chi connectivity index (χ4n) is 2.44. The summed E-state index contributed by atoms with van der Waals surface area (Å²) in [5, 5.41) is 3.75. The van der Waals surface area contributed by atoms with Crippen molar-refractivity contribution in [3.05, 3.63) is 41.9 Å². The van der Waals surface area contributed by atoms with Gasteiger partial charge < -0.3 is 9.51 Å². The van der Waals surface area contributed by atoms with Gasteiger partial charge >= 0.3 is 0 Å². The average Bonchev–Trinajstić information content (AvgIpc) is 3.12. The largest absolute Gasteiger partial charge is 0.348 e. The summed E-state index contributed by atoms with van der Waals surface area (Å²) in [4.78, 5) is 10.8. The molecule has 2 aromatic heterocycles. The number of rotatable bonds is 5. The van der Waals surface area contributed by atoms with Crippen molar-refractivity contribution < 1.29 is 17.3 Å². The number of nitrogens with one attached hydrogen (secondary N) is 2. The minimum atomic E-state index is -3.95. The van der Waals surface area contributed by atoms with Crippen LogP contribution in [0.4, 0.5) is 10.1 Å². The molecule has 2 N–H and O–H groups in total. The molecule has 8 nitrogen and oxygen atoms in total. The highest BCUT2D eigenvalue weighted by Gasteiger charge is 2.30. The summed E-state index contributed by atoms with van der Waals surface area (Å²) in [6.45, 7) is 1.59. The first-order chi connectivity index (χ1) is 11.9. The Balaban J connectivity index is 1.73. The lowest BCUT2D eigenvalue weighted by molar-refractivity contribution is 0.422. The Bertz CT molecular complexity index is 1040. The van der Waals surface area contributed by atoms with Crippen molar-refractivity contribution in [2.75, 3.05) is 4.72 Å². The smallest absolute Gasteiger partial charge is 0.281 e. The Hall–Kier alpha value is -2.75. The van der Waals surface area contributed by atoms with Gasteiger partial charge in [-0.1, -0.05) is 5.16 Å². The van der Waals surface area contributed by atoms with E-state index in [1.807, 2.05) is 0 Å². The maximum Gasteiger partial charge on any atom is 0.281 e. The summed E-state index contributed by atoms with van der Waals surface area (Å²) in [6.07, 6.45) is 3.26. The number of benzene rings is 1. The molecule has 1 saturated carbocycles. The quantitative estimate of drug-likeness (QED) is 0.720. The number of nitrogens with zero attached hydrogens (tertiary/aromatic N) is 3. The summed E-state index contributed by atoms with van der Waals surface area (Å²) in [5.74, 6) is 0.340. The van der Waals surface area contributed by atoms with Gasteiger partial charge in [0.1, 0.15) is 5.82 Å². The van der Waals surface area contributed by atoms with E-state index < -0.39 is 15.8 Å². The van der Waals surface area contributed by atoms with Crippen LogP contribution in [-0.2, 0) is 10.0 Å². The fourth-order valence-corrected chi connectivity index (χ4v) is 3.66. The molecule has 1 aliphatic carbocycles. The Morgan fingerprint density at radius 2 is 2.16 bits per heavy atom. The van der Waals surface area contributed by atoms with Crippen LogP contribution in [0.1, 0.15) is 30.3 Å². The summed E-state index contributed by atoms with van der Waals surface area (Å²) >= 11 is 0. The minimum Gasteiger partial charge on any atom is -0.348 e. The molecule has 1 aliphatic rings. The normalized spacial score (nSPS) is 14.6. The second-order valence-corrected chi connectivity index (χ2v) is 7.46. The topological polar surface area (TPSA) is 114 Å². The Morgan fingerprint density at radius 3 is 2.84 bits per heavy atom. The van der Waals surface area contributed by atoms with Gasteiger partial charge in [0.25, 0.3) is 15.9 Å². The zero-order valence-electron chi connectivity index (χ0n) is 13.2. The maximum atomic E-state index is 13.7. The van der Waals surface area contributed by atoms with Crippen molar-refractivity contribution in [1.29, 1.82) is 0 Å². The third-order valence-electron chi connectivity index (χ3n) is 3.88. The first-order valence-corrected chi connectivity index (χ1v) is 9.08. The molecule has 0 spiro atoms. The molecular weight excluding hydrogens is 349 g/mol. The summed E-state index contributed by atoms with van der Waals surface area (Å²) in [6, 6.07) is 3.61. The predicted molar refractivity (Wildman–Crippen MR) is 85.8 cm³/mol. The molecule has 0 amide bonds. The summed E-state index contributed by atoms with van der Waals surface area (Å²) < 4.78 is 46.3. The van der Waals surface area contributed by atoms with E-state index in [0.717, 1.165) is 25.0 Å². The lowest BCUT2D eigenvalue weighted by Crippen LogP contribution is -2.15. The molecule has 0 unspecified atom stereocenters. The van der Waals surface area contributed by atoms with Gasteiger partial charge in [0.05, 0.1) is 23.3 Å². The summed E-state index contributed by atoms with van der Waals surface area (Å²) in [5.41, 5.74) is 0.705. The minimum absolute atomic E-state index is 0.0675. The molecule has 10 heteroatoms. The van der Waals surface area contributed by atoms with Crippen LogP contribution < -0.4 is 4.72 Å². The van der Waals surface area contributed by atoms with Gasteiger partial charge in [0.15, 0.2) is 10.9 Å². The highest BCUT2D eigenvalue weighted by Crippen LogP contribution is 2.39. The number of aromatic nitrogens is 4. The number of aromatic amines is 1. The van der Waals surface area contributed by atoms with Crippen LogP contribution in [0.5, 0.6) is 0 Å². The number of sulfonamides is 1. The van der Waals surface area contributed by atoms with Gasteiger partial charge in [-0.3, -0.25) is 4.72 Å². The van der Waals surface area contributed by atoms with Gasteiger partial charge in [-0.25, -0.2) is 9.37 Å². The number of aryl methyl sites for hydroxylation is 1. The van der Waals surface area contributed by atoms with Crippen LogP contribution >= 0.6 is 0 Å². The molecule has 0 aliphatic heterocycles. The van der Waals surface area contributed by atoms with Crippen molar-refractivity contribution in [2.24, 2.45) is 0 Å². The third kappa shape index (κ3) is 3.00. The van der Waals surface area contributed by atoms with Crippen LogP contribution in [0.25, 0.3) is 11.5 Å². The monoisotopic (exact) mass is 363 g/mol. The van der Waals surface area contributed by atoms with E-state index in [-0.39, 0.29) is 28.1 Å². The number of halogens is 1. The van der Waals surface area contributed by atoms with Crippen LogP contribution in [0.3, 0.4) is 0 Å². The Labute approximate surface area is 142 Å². The molecule has 0 bridgehead atoms. The Kier molecular flexibility index (Phi) is 3.57. The first kappa shape index (κ1) is 15.8. The van der Waals surface area contributed by atoms with Crippen LogP contribution in [0, 0.1) is 12.7 Å². The van der Waals surface area contributed by atoms with Gasteiger partial charge in [0, 0.05) is 5.92 Å². The molecule has 1 aromatic carbocycles. The molecule has 0 saturated heterocycles. The highest BCUT2D eigenvalue weighted by molar-refractivity contribution is 7.92. The van der Waals surface area contributed by atoms with E-state index in [9.17, 15) is 12.8 Å². The molecule has 0 atom stereocenters. The van der Waals surface area contributed by atoms with E-state index >= 15 is 0 Å². The third-order valence-corrected chi connectivity index (χ3v) is 5.29. The van der Waals surface area contributed by atoms with Gasteiger partial charge in [0.2, 0.25) is 0 Å². The molecule has 25 heavy (non-hydrogen) atoms. The van der Waals surface area contributed by atoms with Crippen LogP contribution in [0.15, 0.2) is 34.1 Å². The zero-order valence-corrected chi connectivity index (χ0v) is 14.0. The van der Waals surface area contributed by atoms with Crippen molar-refractivity contribution >= 4 is 15.7 Å². The molecule has 130 valence electrons. The maximum absolute atomic E-state index is 13.7. The number of imidazole rings is 1. The number of hydrogen-bond acceptors (Lipinski definition) is 6. The van der Waals surface area contributed by atoms with Crippen LogP contribution in [-0.4, -0.2) is 28.5 Å². The predicted octanol–water partition coefficient (Wildman–Crippen LogP) is 2.59. The zero-order chi connectivity index (χ0) is 17.6. The second-order valence-electron chi connectivity index (χ2n) is 5.86. The van der Waals surface area contributed by atoms with E-state index in [0.29, 0.717) is 11.5 Å². The molecule has 3 aromatic rings. The fraction of sp³-hybridized carbons (Fsp3) is 0.267. The van der Waals surface area contributed by atoms with Crippen molar-refractivity contribution in [1.82, 2.24) is 20.1 Å². The Morgan fingerprint density at radius 1 is 1.36 bits per heavy atom. The van der Waals surface area contributed by atoms with E-state index in [1.54, 1.807) is 6.92 Å². The van der Waals surface area contributed by atoms with Gasteiger partial charge in [-0.2, -0.15) is 13.4 Å². The van der Waals surface area contributed by atoms with Crippen LogP contribution in [0.2, 0.25) is 0 Å². The van der Waals surface area contributed by atoms with Crippen molar-refractivity contribution in [3.63, 3.8) is 0 Å². The van der Waals surface area contributed by atoms with Crippen molar-refractivity contribution in [2.45, 2.75) is 30.7 Å². The molecule has 2 heterocycles. The van der Waals surface area contributed by atoms with Gasteiger partial charge in [-0.05, 0) is 38.0 Å². The molecule has 4 rings (SSSR count). The van der Waals surface area contributed by atoms with Gasteiger partial charge in [-0.15, -0.1) is 0 Å². The second kappa shape index (κ2) is 5.66. The molecule has 0 radical (unpaired) electrons.